The topological polar surface area (TPSA) is 155 Å². The summed E-state index contributed by atoms with van der Waals surface area (Å²) in [5.74, 6) is -0.923. The number of nitrogens with two attached hydrogens (primary N) is 3. The predicted octanol–water partition coefficient (Wildman–Crippen LogP) is 19.5. The number of allylic oxidation sites excluding steroid dienone is 4. The summed E-state index contributed by atoms with van der Waals surface area (Å²) in [4.78, 5) is 33.2. The van der Waals surface area contributed by atoms with E-state index in [9.17, 15) is 9.59 Å². The van der Waals surface area contributed by atoms with Crippen LogP contribution in [-0.4, -0.2) is 43.1 Å². The Morgan fingerprint density at radius 1 is 0.365 bits per heavy atom. The standard InChI is InChI=1S/C65H125N5O4/c1-3-5-7-9-11-13-15-17-19-21-23-25-27-29-31-33-35-37-39-41-43-45-47-49-51-53-55-57-62(71)73-60-61(59-69-65(68)70-64(66)67)74-63(72)58-56-54-52-50-48-46-44-42-40-38-36-34-32-30-28-26-24-22-20-18-16-14-12-10-8-6-4-2/h29-32,61H,3-28,33-60H2,1-2H3,(H6,66,67,68,69,70)/b31-29-,32-30-. The van der Waals surface area contributed by atoms with E-state index in [2.05, 4.69) is 48.1 Å². The van der Waals surface area contributed by atoms with Gasteiger partial charge in [-0.05, 0) is 64.2 Å². The monoisotopic (exact) mass is 1040 g/mol. The van der Waals surface area contributed by atoms with E-state index in [1.807, 2.05) is 0 Å². The molecule has 0 amide bonds. The molecule has 434 valence electrons. The zero-order chi connectivity index (χ0) is 53.7. The van der Waals surface area contributed by atoms with Crippen LogP contribution in [0.1, 0.15) is 348 Å². The van der Waals surface area contributed by atoms with Crippen molar-refractivity contribution in [3.05, 3.63) is 24.3 Å². The fraction of sp³-hybridized carbons (Fsp3) is 0.877. The molecule has 0 heterocycles. The molecule has 0 aliphatic heterocycles. The van der Waals surface area contributed by atoms with Gasteiger partial charge in [0.15, 0.2) is 12.1 Å². The van der Waals surface area contributed by atoms with Gasteiger partial charge in [-0.15, -0.1) is 0 Å². The van der Waals surface area contributed by atoms with E-state index < -0.39 is 6.10 Å². The normalized spacial score (nSPS) is 12.3. The molecule has 9 heteroatoms. The fourth-order valence-electron chi connectivity index (χ4n) is 9.91. The number of rotatable bonds is 59. The molecule has 0 aromatic rings. The minimum Gasteiger partial charge on any atom is -0.462 e. The second-order valence-corrected chi connectivity index (χ2v) is 22.2. The van der Waals surface area contributed by atoms with Crippen molar-refractivity contribution in [1.82, 2.24) is 0 Å². The van der Waals surface area contributed by atoms with Gasteiger partial charge >= 0.3 is 11.9 Å². The first-order chi connectivity index (χ1) is 36.4. The number of carbonyl (C=O) groups is 2. The van der Waals surface area contributed by atoms with Gasteiger partial charge in [-0.25, -0.2) is 4.99 Å². The average molecular weight is 1040 g/mol. The van der Waals surface area contributed by atoms with Crippen LogP contribution in [0.5, 0.6) is 0 Å². The van der Waals surface area contributed by atoms with Crippen molar-refractivity contribution < 1.29 is 19.1 Å². The molecule has 0 rings (SSSR count). The molecule has 1 atom stereocenters. The number of hydrogen-bond donors (Lipinski definition) is 3. The Morgan fingerprint density at radius 3 is 0.905 bits per heavy atom. The van der Waals surface area contributed by atoms with Gasteiger partial charge < -0.3 is 26.7 Å². The number of guanidine groups is 2. The summed E-state index contributed by atoms with van der Waals surface area (Å²) in [7, 11) is 0. The Balaban J connectivity index is 3.83. The number of ether oxygens (including phenoxy) is 2. The van der Waals surface area contributed by atoms with Crippen LogP contribution in [0.25, 0.3) is 0 Å². The van der Waals surface area contributed by atoms with Crippen LogP contribution in [0.2, 0.25) is 0 Å². The summed E-state index contributed by atoms with van der Waals surface area (Å²) in [5.41, 5.74) is 16.6. The number of hydrogen-bond acceptors (Lipinski definition) is 5. The third-order valence-corrected chi connectivity index (χ3v) is 14.7. The van der Waals surface area contributed by atoms with E-state index in [0.717, 1.165) is 38.5 Å². The summed E-state index contributed by atoms with van der Waals surface area (Å²) >= 11 is 0. The molecule has 0 spiro atoms. The molecule has 6 N–H and O–H groups in total. The molecule has 0 fully saturated rings. The van der Waals surface area contributed by atoms with E-state index in [0.29, 0.717) is 12.8 Å². The zero-order valence-corrected chi connectivity index (χ0v) is 49.3. The summed E-state index contributed by atoms with van der Waals surface area (Å²) in [5, 5.41) is 0. The molecule has 0 bridgehead atoms. The third kappa shape index (κ3) is 60.0. The number of aliphatic imine (C=N–C) groups is 2. The van der Waals surface area contributed by atoms with Gasteiger partial charge in [0.25, 0.3) is 0 Å². The Morgan fingerprint density at radius 2 is 0.622 bits per heavy atom. The Bertz CT molecular complexity index is 1300. The van der Waals surface area contributed by atoms with Gasteiger partial charge in [0, 0.05) is 12.8 Å². The second kappa shape index (κ2) is 61.0. The molecule has 1 unspecified atom stereocenters. The maximum atomic E-state index is 12.7. The molecule has 0 aromatic heterocycles. The number of unbranched alkanes of at least 4 members (excludes halogenated alkanes) is 46. The lowest BCUT2D eigenvalue weighted by atomic mass is 10.0. The van der Waals surface area contributed by atoms with Crippen molar-refractivity contribution in [2.75, 3.05) is 13.2 Å². The van der Waals surface area contributed by atoms with E-state index in [-0.39, 0.29) is 37.0 Å². The van der Waals surface area contributed by atoms with E-state index in [4.69, 9.17) is 26.7 Å². The number of nitrogens with zero attached hydrogens (tertiary/aromatic N) is 2. The van der Waals surface area contributed by atoms with Gasteiger partial charge in [-0.1, -0.05) is 295 Å². The van der Waals surface area contributed by atoms with Crippen LogP contribution in [0.3, 0.4) is 0 Å². The first kappa shape index (κ1) is 71.2. The quantitative estimate of drug-likeness (QED) is 0.0180. The summed E-state index contributed by atoms with van der Waals surface area (Å²) < 4.78 is 11.2. The lowest BCUT2D eigenvalue weighted by molar-refractivity contribution is -0.158. The van der Waals surface area contributed by atoms with E-state index >= 15 is 0 Å². The number of carbonyl (C=O) groups excluding carboxylic acids is 2. The van der Waals surface area contributed by atoms with Crippen molar-refractivity contribution in [3.8, 4) is 0 Å². The van der Waals surface area contributed by atoms with Crippen LogP contribution in [0.4, 0.5) is 0 Å². The minimum absolute atomic E-state index is 0.00905. The van der Waals surface area contributed by atoms with E-state index in [1.165, 1.54) is 283 Å². The highest BCUT2D eigenvalue weighted by Gasteiger charge is 2.17. The first-order valence-electron chi connectivity index (χ1n) is 32.4. The highest BCUT2D eigenvalue weighted by Crippen LogP contribution is 2.18. The molecule has 0 radical (unpaired) electrons. The molecule has 9 nitrogen and oxygen atoms in total. The molecule has 0 saturated heterocycles. The highest BCUT2D eigenvalue weighted by atomic mass is 16.6. The summed E-state index contributed by atoms with van der Waals surface area (Å²) in [6, 6.07) is 0. The minimum atomic E-state index is -0.750. The largest absolute Gasteiger partial charge is 0.462 e. The number of esters is 2. The molecular formula is C65H125N5O4. The lowest BCUT2D eigenvalue weighted by Crippen LogP contribution is -2.30. The average Bonchev–Trinajstić information content (AvgIpc) is 3.38. The van der Waals surface area contributed by atoms with Crippen molar-refractivity contribution in [1.29, 1.82) is 0 Å². The second-order valence-electron chi connectivity index (χ2n) is 22.2. The molecule has 0 saturated carbocycles. The van der Waals surface area contributed by atoms with Crippen LogP contribution < -0.4 is 17.2 Å². The van der Waals surface area contributed by atoms with Crippen LogP contribution >= 0.6 is 0 Å². The first-order valence-corrected chi connectivity index (χ1v) is 32.4. The van der Waals surface area contributed by atoms with Gasteiger partial charge in [0.2, 0.25) is 5.96 Å². The Hall–Kier alpha value is -2.84. The smallest absolute Gasteiger partial charge is 0.306 e. The third-order valence-electron chi connectivity index (χ3n) is 14.7. The highest BCUT2D eigenvalue weighted by molar-refractivity contribution is 5.92. The fourth-order valence-corrected chi connectivity index (χ4v) is 9.91. The molecule has 0 aliphatic rings. The van der Waals surface area contributed by atoms with E-state index in [1.54, 1.807) is 0 Å². The van der Waals surface area contributed by atoms with Crippen molar-refractivity contribution >= 4 is 23.9 Å². The molecule has 0 aromatic carbocycles. The predicted molar refractivity (Wildman–Crippen MR) is 323 cm³/mol. The summed E-state index contributed by atoms with van der Waals surface area (Å²) in [6.07, 6.45) is 75.4. The van der Waals surface area contributed by atoms with Gasteiger partial charge in [0.05, 0.1) is 6.54 Å². The maximum Gasteiger partial charge on any atom is 0.306 e. The SMILES string of the molecule is CCCCCCCCCCCCCC/C=C\CCCCCCCCCCCCCC(=O)OCC(CN=C(N)N=C(N)N)OC(=O)CCCCCCCCCCCCC/C=C\CCCCCCCCCCCCCC. The van der Waals surface area contributed by atoms with Crippen LogP contribution in [-0.2, 0) is 19.1 Å². The van der Waals surface area contributed by atoms with Crippen molar-refractivity contribution in [3.63, 3.8) is 0 Å². The Kier molecular flexibility index (Phi) is 58.7. The molecular weight excluding hydrogens is 915 g/mol. The lowest BCUT2D eigenvalue weighted by Gasteiger charge is -2.16. The van der Waals surface area contributed by atoms with Crippen molar-refractivity contribution in [2.45, 2.75) is 354 Å². The zero-order valence-electron chi connectivity index (χ0n) is 49.3. The maximum absolute atomic E-state index is 12.7. The van der Waals surface area contributed by atoms with Gasteiger partial charge in [-0.2, -0.15) is 4.99 Å². The summed E-state index contributed by atoms with van der Waals surface area (Å²) in [6.45, 7) is 4.52. The van der Waals surface area contributed by atoms with Gasteiger partial charge in [0.1, 0.15) is 6.61 Å². The van der Waals surface area contributed by atoms with Crippen LogP contribution in [0.15, 0.2) is 34.3 Å². The van der Waals surface area contributed by atoms with Gasteiger partial charge in [-0.3, -0.25) is 9.59 Å². The Labute approximate surface area is 459 Å². The molecule has 74 heavy (non-hydrogen) atoms. The van der Waals surface area contributed by atoms with Crippen LogP contribution in [0, 0.1) is 0 Å². The molecule has 0 aliphatic carbocycles. The van der Waals surface area contributed by atoms with Crippen molar-refractivity contribution in [2.24, 2.45) is 27.2 Å².